The molecule has 4 nitrogen and oxygen atoms in total. The number of rotatable bonds is 5. The molecule has 1 amide bonds. The van der Waals surface area contributed by atoms with Crippen LogP contribution in [-0.2, 0) is 11.0 Å². The summed E-state index contributed by atoms with van der Waals surface area (Å²) in [6, 6.07) is 11.5. The average molecular weight is 405 g/mol. The van der Waals surface area contributed by atoms with Crippen molar-refractivity contribution in [2.75, 3.05) is 10.6 Å². The summed E-state index contributed by atoms with van der Waals surface area (Å²) >= 11 is 1.56. The molecule has 0 unspecified atom stereocenters. The lowest BCUT2D eigenvalue weighted by Gasteiger charge is -2.18. The van der Waals surface area contributed by atoms with Crippen molar-refractivity contribution in [3.05, 3.63) is 64.5 Å². The first-order valence-electron chi connectivity index (χ1n) is 8.50. The molecule has 1 atom stereocenters. The number of benzene rings is 2. The van der Waals surface area contributed by atoms with Crippen LogP contribution in [0.5, 0.6) is 0 Å². The summed E-state index contributed by atoms with van der Waals surface area (Å²) < 4.78 is 39.2. The minimum Gasteiger partial charge on any atom is -0.374 e. The van der Waals surface area contributed by atoms with E-state index in [-0.39, 0.29) is 5.69 Å². The maximum absolute atomic E-state index is 13.1. The topological polar surface area (TPSA) is 54.0 Å². The Morgan fingerprint density at radius 2 is 1.79 bits per heavy atom. The largest absolute Gasteiger partial charge is 0.418 e. The normalized spacial score (nSPS) is 12.5. The highest BCUT2D eigenvalue weighted by Gasteiger charge is 2.33. The third kappa shape index (κ3) is 4.69. The van der Waals surface area contributed by atoms with Crippen LogP contribution in [0.2, 0.25) is 0 Å². The van der Waals surface area contributed by atoms with E-state index in [0.29, 0.717) is 5.69 Å². The van der Waals surface area contributed by atoms with Crippen molar-refractivity contribution in [2.45, 2.75) is 26.1 Å². The molecular formula is C20H18F3N3OS. The fraction of sp³-hybridized carbons (Fsp3) is 0.200. The van der Waals surface area contributed by atoms with Crippen molar-refractivity contribution in [1.82, 2.24) is 4.98 Å². The molecule has 0 radical (unpaired) electrons. The Bertz CT molecular complexity index is 967. The molecule has 3 rings (SSSR count). The summed E-state index contributed by atoms with van der Waals surface area (Å²) in [5.74, 6) is -0.559. The second-order valence-corrected chi connectivity index (χ2v) is 7.29. The average Bonchev–Trinajstić information content (AvgIpc) is 3.08. The fourth-order valence-corrected chi connectivity index (χ4v) is 3.25. The molecule has 0 aliphatic heterocycles. The Morgan fingerprint density at radius 3 is 2.39 bits per heavy atom. The number of para-hydroxylation sites is 1. The molecule has 0 aliphatic rings. The molecule has 0 fully saturated rings. The van der Waals surface area contributed by atoms with Gasteiger partial charge in [-0.1, -0.05) is 24.3 Å². The van der Waals surface area contributed by atoms with Gasteiger partial charge in [0.15, 0.2) is 0 Å². The number of nitrogens with zero attached hydrogens (tertiary/aromatic N) is 1. The maximum atomic E-state index is 13.1. The molecule has 2 N–H and O–H groups in total. The van der Waals surface area contributed by atoms with Gasteiger partial charge in [-0.15, -0.1) is 11.3 Å². The van der Waals surface area contributed by atoms with Crippen molar-refractivity contribution in [1.29, 1.82) is 0 Å². The highest BCUT2D eigenvalue weighted by molar-refractivity contribution is 7.09. The Kier molecular flexibility index (Phi) is 5.69. The van der Waals surface area contributed by atoms with E-state index in [1.165, 1.54) is 18.2 Å². The van der Waals surface area contributed by atoms with Crippen LogP contribution < -0.4 is 10.6 Å². The van der Waals surface area contributed by atoms with Crippen LogP contribution in [-0.4, -0.2) is 16.9 Å². The van der Waals surface area contributed by atoms with Crippen LogP contribution in [0, 0.1) is 6.92 Å². The van der Waals surface area contributed by atoms with Crippen LogP contribution in [0.4, 0.5) is 24.5 Å². The van der Waals surface area contributed by atoms with Crippen molar-refractivity contribution >= 4 is 28.6 Å². The van der Waals surface area contributed by atoms with Gasteiger partial charge in [0.2, 0.25) is 5.91 Å². The molecule has 0 bridgehead atoms. The smallest absolute Gasteiger partial charge is 0.374 e. The van der Waals surface area contributed by atoms with Gasteiger partial charge in [0.05, 0.1) is 22.0 Å². The highest BCUT2D eigenvalue weighted by Crippen LogP contribution is 2.34. The predicted octanol–water partition coefficient (Wildman–Crippen LogP) is 5.58. The first-order chi connectivity index (χ1) is 13.2. The van der Waals surface area contributed by atoms with Crippen LogP contribution in [0.15, 0.2) is 53.9 Å². The Balaban J connectivity index is 1.66. The first kappa shape index (κ1) is 19.9. The standard InChI is InChI=1S/C20H18F3N3OS/c1-12(19(27)26-17-6-4-3-5-16(17)20(21,22)23)24-15-9-7-14(8-10-15)18-11-28-13(2)25-18/h3-12,24H,1-2H3,(H,26,27)/t12-/m0/s1. The zero-order valence-corrected chi connectivity index (χ0v) is 16.0. The van der Waals surface area contributed by atoms with Gasteiger partial charge in [-0.2, -0.15) is 13.2 Å². The maximum Gasteiger partial charge on any atom is 0.418 e. The molecule has 146 valence electrons. The quantitative estimate of drug-likeness (QED) is 0.583. The minimum atomic E-state index is -4.54. The van der Waals surface area contributed by atoms with Gasteiger partial charge in [-0.3, -0.25) is 4.79 Å². The zero-order valence-electron chi connectivity index (χ0n) is 15.2. The molecule has 1 aromatic heterocycles. The van der Waals surface area contributed by atoms with Crippen LogP contribution >= 0.6 is 11.3 Å². The number of nitrogens with one attached hydrogen (secondary N) is 2. The van der Waals surface area contributed by atoms with E-state index in [1.54, 1.807) is 30.4 Å². The summed E-state index contributed by atoms with van der Waals surface area (Å²) in [5, 5.41) is 8.28. The lowest BCUT2D eigenvalue weighted by Crippen LogP contribution is -2.32. The SMILES string of the molecule is Cc1nc(-c2ccc(N[C@@H](C)C(=O)Nc3ccccc3C(F)(F)F)cc2)cs1. The summed E-state index contributed by atoms with van der Waals surface area (Å²) in [4.78, 5) is 16.8. The van der Waals surface area contributed by atoms with E-state index >= 15 is 0 Å². The van der Waals surface area contributed by atoms with Gasteiger partial charge < -0.3 is 10.6 Å². The van der Waals surface area contributed by atoms with Crippen molar-refractivity contribution in [3.63, 3.8) is 0 Å². The van der Waals surface area contributed by atoms with E-state index < -0.39 is 23.7 Å². The number of amides is 1. The number of anilines is 2. The molecule has 0 spiro atoms. The van der Waals surface area contributed by atoms with Gasteiger partial charge in [0.25, 0.3) is 0 Å². The van der Waals surface area contributed by atoms with Gasteiger partial charge in [-0.05, 0) is 38.1 Å². The number of halogens is 3. The first-order valence-corrected chi connectivity index (χ1v) is 9.38. The van der Waals surface area contributed by atoms with Crippen LogP contribution in [0.25, 0.3) is 11.3 Å². The molecule has 1 heterocycles. The van der Waals surface area contributed by atoms with Gasteiger partial charge in [-0.25, -0.2) is 4.98 Å². The monoisotopic (exact) mass is 405 g/mol. The lowest BCUT2D eigenvalue weighted by molar-refractivity contribution is -0.137. The highest BCUT2D eigenvalue weighted by atomic mass is 32.1. The summed E-state index contributed by atoms with van der Waals surface area (Å²) in [5.41, 5.74) is 1.37. The Hall–Kier alpha value is -2.87. The Morgan fingerprint density at radius 1 is 1.11 bits per heavy atom. The number of hydrogen-bond acceptors (Lipinski definition) is 4. The summed E-state index contributed by atoms with van der Waals surface area (Å²) in [7, 11) is 0. The molecule has 0 saturated carbocycles. The molecule has 8 heteroatoms. The number of aromatic nitrogens is 1. The number of carbonyl (C=O) groups excluding carboxylic acids is 1. The van der Waals surface area contributed by atoms with E-state index in [2.05, 4.69) is 15.6 Å². The second-order valence-electron chi connectivity index (χ2n) is 6.23. The van der Waals surface area contributed by atoms with E-state index in [1.807, 2.05) is 24.4 Å². The van der Waals surface area contributed by atoms with E-state index in [4.69, 9.17) is 0 Å². The summed E-state index contributed by atoms with van der Waals surface area (Å²) in [6.07, 6.45) is -4.54. The van der Waals surface area contributed by atoms with Crippen LogP contribution in [0.3, 0.4) is 0 Å². The van der Waals surface area contributed by atoms with Crippen molar-refractivity contribution in [2.24, 2.45) is 0 Å². The third-order valence-corrected chi connectivity index (χ3v) is 4.84. The Labute approximate surface area is 164 Å². The van der Waals surface area contributed by atoms with E-state index in [0.717, 1.165) is 22.3 Å². The molecule has 0 aliphatic carbocycles. The number of aryl methyl sites for hydroxylation is 1. The van der Waals surface area contributed by atoms with Crippen molar-refractivity contribution < 1.29 is 18.0 Å². The molecule has 0 saturated heterocycles. The van der Waals surface area contributed by atoms with Gasteiger partial charge in [0.1, 0.15) is 6.04 Å². The van der Waals surface area contributed by atoms with Crippen molar-refractivity contribution in [3.8, 4) is 11.3 Å². The molecular weight excluding hydrogens is 387 g/mol. The number of hydrogen-bond donors (Lipinski definition) is 2. The molecule has 28 heavy (non-hydrogen) atoms. The lowest BCUT2D eigenvalue weighted by atomic mass is 10.1. The zero-order chi connectivity index (χ0) is 20.3. The van der Waals surface area contributed by atoms with Gasteiger partial charge in [0, 0.05) is 16.6 Å². The van der Waals surface area contributed by atoms with Gasteiger partial charge >= 0.3 is 6.18 Å². The van der Waals surface area contributed by atoms with Crippen LogP contribution in [0.1, 0.15) is 17.5 Å². The molecule has 2 aromatic carbocycles. The number of thiazole rings is 1. The number of alkyl halides is 3. The minimum absolute atomic E-state index is 0.261. The second kappa shape index (κ2) is 8.02. The van der Waals surface area contributed by atoms with E-state index in [9.17, 15) is 18.0 Å². The number of carbonyl (C=O) groups is 1. The fourth-order valence-electron chi connectivity index (χ4n) is 2.63. The molecule has 3 aromatic rings. The predicted molar refractivity (Wildman–Crippen MR) is 105 cm³/mol. The third-order valence-electron chi connectivity index (χ3n) is 4.07. The summed E-state index contributed by atoms with van der Waals surface area (Å²) in [6.45, 7) is 3.52.